The molecule has 2 aliphatic carbocycles. The lowest BCUT2D eigenvalue weighted by Gasteiger charge is -2.42. The van der Waals surface area contributed by atoms with Gasteiger partial charge in [0.15, 0.2) is 0 Å². The Morgan fingerprint density at radius 1 is 0.306 bits per heavy atom. The van der Waals surface area contributed by atoms with Crippen molar-refractivity contribution in [2.24, 2.45) is 0 Å². The van der Waals surface area contributed by atoms with E-state index in [4.69, 9.17) is 0 Å². The Kier molecular flexibility index (Phi) is 7.82. The number of anilines is 3. The number of para-hydroxylation sites is 2. The topological polar surface area (TPSA) is 13.1 Å². The third kappa shape index (κ3) is 5.14. The van der Waals surface area contributed by atoms with Crippen LogP contribution >= 0.6 is 0 Å². The number of nitrogens with zero attached hydrogens (tertiary/aromatic N) is 3. The van der Waals surface area contributed by atoms with Crippen molar-refractivity contribution in [3.63, 3.8) is 0 Å². The second-order valence-corrected chi connectivity index (χ2v) is 21.0. The second-order valence-electron chi connectivity index (χ2n) is 21.0. The Labute approximate surface area is 418 Å². The second kappa shape index (κ2) is 14.1. The van der Waals surface area contributed by atoms with Gasteiger partial charge in [-0.3, -0.25) is 0 Å². The van der Waals surface area contributed by atoms with E-state index in [0.717, 1.165) is 5.69 Å². The fraction of sp³-hybridized carbons (Fsp3) is 0.0725. The molecule has 0 fully saturated rings. The molecular formula is C69H47N3. The van der Waals surface area contributed by atoms with Gasteiger partial charge in [0, 0.05) is 49.4 Å². The SMILES string of the molecule is CC1(C)c2ccccc2-c2cc3c4cc(-c5ccc(N6c7ccc(-n8c9ccccc9c9cc%10ccccc%10cc98)cc7C7(C)c8ccccc8-c8cccc6c87)cc5)ccc4n(-c4ccccc4)c3cc21. The molecule has 0 spiro atoms. The third-order valence-electron chi connectivity index (χ3n) is 17.0. The van der Waals surface area contributed by atoms with Crippen molar-refractivity contribution in [1.82, 2.24) is 9.13 Å². The zero-order chi connectivity index (χ0) is 47.6. The molecule has 2 aromatic heterocycles. The average Bonchev–Trinajstić information content (AvgIpc) is 4.09. The Balaban J connectivity index is 0.868. The number of rotatable bonds is 4. The van der Waals surface area contributed by atoms with Crippen LogP contribution in [0.4, 0.5) is 17.1 Å². The minimum absolute atomic E-state index is 0.0906. The van der Waals surface area contributed by atoms with Crippen molar-refractivity contribution >= 4 is 71.4 Å². The van der Waals surface area contributed by atoms with Crippen molar-refractivity contribution in [3.8, 4) is 44.8 Å². The molecule has 11 aromatic carbocycles. The fourth-order valence-corrected chi connectivity index (χ4v) is 13.7. The molecule has 72 heavy (non-hydrogen) atoms. The molecule has 0 saturated heterocycles. The molecule has 3 nitrogen and oxygen atoms in total. The first-order valence-corrected chi connectivity index (χ1v) is 25.3. The molecule has 0 amide bonds. The lowest BCUT2D eigenvalue weighted by molar-refractivity contribution is 0.661. The standard InChI is InChI=1S/C69H47N3/c1-68(2)57-24-12-9-21-50(57)53-40-56-55-37-45(30-34-62(55)70(66(56)41-59(53)68)46-18-5-4-6-19-46)42-28-31-47(32-29-42)71-63-35-33-48(39-60(63)69(3)58-25-13-10-20-49(58)52-23-15-27-64(71)67(52)69)72-61-26-14-11-22-51(61)54-36-43-16-7-8-17-44(43)38-65(54)72/h4-41H,1-3H3. The van der Waals surface area contributed by atoms with E-state index in [-0.39, 0.29) is 10.8 Å². The van der Waals surface area contributed by atoms with Crippen LogP contribution in [-0.4, -0.2) is 9.13 Å². The van der Waals surface area contributed by atoms with Gasteiger partial charge in [0.05, 0.1) is 33.4 Å². The van der Waals surface area contributed by atoms with Crippen LogP contribution in [0.2, 0.25) is 0 Å². The summed E-state index contributed by atoms with van der Waals surface area (Å²) in [6.07, 6.45) is 0. The Bertz CT molecular complexity index is 4490. The van der Waals surface area contributed by atoms with Crippen LogP contribution in [0.15, 0.2) is 231 Å². The molecule has 0 N–H and O–H groups in total. The van der Waals surface area contributed by atoms with E-state index in [1.54, 1.807) is 0 Å². The summed E-state index contributed by atoms with van der Waals surface area (Å²) < 4.78 is 4.95. The molecule has 0 bridgehead atoms. The van der Waals surface area contributed by atoms with Crippen LogP contribution < -0.4 is 4.90 Å². The summed E-state index contributed by atoms with van der Waals surface area (Å²) in [4.78, 5) is 2.52. The highest BCUT2D eigenvalue weighted by atomic mass is 15.2. The summed E-state index contributed by atoms with van der Waals surface area (Å²) in [6.45, 7) is 7.21. The number of aromatic nitrogens is 2. The van der Waals surface area contributed by atoms with E-state index in [9.17, 15) is 0 Å². The Hall–Kier alpha value is -8.92. The van der Waals surface area contributed by atoms with E-state index in [1.165, 1.54) is 138 Å². The molecule has 13 aromatic rings. The summed E-state index contributed by atoms with van der Waals surface area (Å²) in [5.41, 5.74) is 24.9. The van der Waals surface area contributed by atoms with E-state index in [2.05, 4.69) is 265 Å². The fourth-order valence-electron chi connectivity index (χ4n) is 13.7. The number of hydrogen-bond donors (Lipinski definition) is 0. The molecule has 3 heteroatoms. The number of fused-ring (bicyclic) bond motifs is 15. The monoisotopic (exact) mass is 917 g/mol. The van der Waals surface area contributed by atoms with Gasteiger partial charge in [0.2, 0.25) is 0 Å². The summed E-state index contributed by atoms with van der Waals surface area (Å²) in [6, 6.07) is 86.7. The van der Waals surface area contributed by atoms with E-state index in [1.807, 2.05) is 0 Å². The zero-order valence-corrected chi connectivity index (χ0v) is 40.3. The maximum Gasteiger partial charge on any atom is 0.0547 e. The van der Waals surface area contributed by atoms with Gasteiger partial charge in [0.1, 0.15) is 0 Å². The van der Waals surface area contributed by atoms with Gasteiger partial charge in [0.25, 0.3) is 0 Å². The van der Waals surface area contributed by atoms with Crippen LogP contribution in [0.25, 0.3) is 99.1 Å². The van der Waals surface area contributed by atoms with Gasteiger partial charge in [-0.15, -0.1) is 0 Å². The number of hydrogen-bond acceptors (Lipinski definition) is 1. The summed E-state index contributed by atoms with van der Waals surface area (Å²) in [5.74, 6) is 0. The van der Waals surface area contributed by atoms with Crippen LogP contribution in [0, 0.1) is 0 Å². The summed E-state index contributed by atoms with van der Waals surface area (Å²) in [5, 5.41) is 7.58. The molecule has 3 aliphatic rings. The van der Waals surface area contributed by atoms with Gasteiger partial charge < -0.3 is 14.0 Å². The largest absolute Gasteiger partial charge is 0.310 e. The van der Waals surface area contributed by atoms with Crippen LogP contribution in [-0.2, 0) is 10.8 Å². The first-order valence-electron chi connectivity index (χ1n) is 25.3. The molecule has 0 saturated carbocycles. The highest BCUT2D eigenvalue weighted by Gasteiger charge is 2.48. The number of benzene rings is 11. The minimum Gasteiger partial charge on any atom is -0.310 e. The molecule has 1 atom stereocenters. The quantitative estimate of drug-likeness (QED) is 0.171. The summed E-state index contributed by atoms with van der Waals surface area (Å²) >= 11 is 0. The summed E-state index contributed by atoms with van der Waals surface area (Å²) in [7, 11) is 0. The predicted octanol–water partition coefficient (Wildman–Crippen LogP) is 18.1. The minimum atomic E-state index is -0.373. The molecule has 338 valence electrons. The molecule has 1 unspecified atom stereocenters. The highest BCUT2D eigenvalue weighted by Crippen LogP contribution is 2.62. The van der Waals surface area contributed by atoms with E-state index in [0.29, 0.717) is 0 Å². The Morgan fingerprint density at radius 3 is 1.75 bits per heavy atom. The maximum absolute atomic E-state index is 2.52. The predicted molar refractivity (Wildman–Crippen MR) is 301 cm³/mol. The maximum atomic E-state index is 2.52. The van der Waals surface area contributed by atoms with Gasteiger partial charge in [-0.1, -0.05) is 153 Å². The van der Waals surface area contributed by atoms with Crippen molar-refractivity contribution < 1.29 is 0 Å². The molecule has 0 radical (unpaired) electrons. The first-order chi connectivity index (χ1) is 35.3. The molecule has 3 heterocycles. The average molecular weight is 918 g/mol. The van der Waals surface area contributed by atoms with Gasteiger partial charge in [-0.25, -0.2) is 0 Å². The highest BCUT2D eigenvalue weighted by molar-refractivity contribution is 6.15. The smallest absolute Gasteiger partial charge is 0.0547 e. The lowest BCUT2D eigenvalue weighted by Crippen LogP contribution is -2.32. The van der Waals surface area contributed by atoms with Crippen molar-refractivity contribution in [2.75, 3.05) is 4.90 Å². The van der Waals surface area contributed by atoms with Crippen molar-refractivity contribution in [2.45, 2.75) is 31.6 Å². The zero-order valence-electron chi connectivity index (χ0n) is 40.3. The van der Waals surface area contributed by atoms with Gasteiger partial charge in [-0.2, -0.15) is 0 Å². The van der Waals surface area contributed by atoms with Gasteiger partial charge >= 0.3 is 0 Å². The van der Waals surface area contributed by atoms with Crippen LogP contribution in [0.3, 0.4) is 0 Å². The van der Waals surface area contributed by atoms with Crippen molar-refractivity contribution in [3.05, 3.63) is 258 Å². The van der Waals surface area contributed by atoms with Gasteiger partial charge in [-0.05, 0) is 170 Å². The molecule has 16 rings (SSSR count). The normalized spacial score (nSPS) is 15.8. The van der Waals surface area contributed by atoms with E-state index < -0.39 is 0 Å². The van der Waals surface area contributed by atoms with Crippen molar-refractivity contribution in [1.29, 1.82) is 0 Å². The van der Waals surface area contributed by atoms with E-state index >= 15 is 0 Å². The lowest BCUT2D eigenvalue weighted by atomic mass is 9.70. The first kappa shape index (κ1) is 39.9. The molecular weight excluding hydrogens is 871 g/mol. The van der Waals surface area contributed by atoms with Crippen LogP contribution in [0.5, 0.6) is 0 Å². The third-order valence-corrected chi connectivity index (χ3v) is 17.0. The molecule has 1 aliphatic heterocycles. The Morgan fingerprint density at radius 2 is 0.917 bits per heavy atom. The van der Waals surface area contributed by atoms with Crippen LogP contribution in [0.1, 0.15) is 48.6 Å².